The van der Waals surface area contributed by atoms with Gasteiger partial charge in [0, 0.05) is 12.6 Å². The van der Waals surface area contributed by atoms with Crippen molar-refractivity contribution < 1.29 is 4.74 Å². The molecule has 0 amide bonds. The van der Waals surface area contributed by atoms with E-state index in [1.807, 2.05) is 11.6 Å². The predicted octanol–water partition coefficient (Wildman–Crippen LogP) is 3.97. The highest BCUT2D eigenvalue weighted by molar-refractivity contribution is 6.31. The molecule has 0 fully saturated rings. The zero-order valence-corrected chi connectivity index (χ0v) is 14.3. The van der Waals surface area contributed by atoms with E-state index in [4.69, 9.17) is 16.3 Å². The second-order valence-electron chi connectivity index (χ2n) is 5.51. The van der Waals surface area contributed by atoms with Crippen molar-refractivity contribution in [2.45, 2.75) is 65.6 Å². The first-order valence-corrected chi connectivity index (χ1v) is 7.89. The van der Waals surface area contributed by atoms with Gasteiger partial charge in [-0.15, -0.1) is 0 Å². The number of aromatic nitrogens is 2. The number of halogens is 1. The SMILES string of the molecule is CCNC(c1c(Cl)cnn1C(C)C)C(C)(CC)OCC. The summed E-state index contributed by atoms with van der Waals surface area (Å²) in [6, 6.07) is 0.288. The van der Waals surface area contributed by atoms with Gasteiger partial charge in [0.25, 0.3) is 0 Å². The third-order valence-electron chi connectivity index (χ3n) is 3.74. The van der Waals surface area contributed by atoms with Crippen LogP contribution in [-0.2, 0) is 4.74 Å². The number of likely N-dealkylation sites (N-methyl/N-ethyl adjacent to an activating group) is 1. The Kier molecular flexibility index (Phi) is 6.49. The molecule has 0 aliphatic rings. The zero-order valence-electron chi connectivity index (χ0n) is 13.5. The molecule has 0 saturated carbocycles. The van der Waals surface area contributed by atoms with Crippen molar-refractivity contribution in [1.29, 1.82) is 0 Å². The number of rotatable bonds is 8. The smallest absolute Gasteiger partial charge is 0.0861 e. The Morgan fingerprint density at radius 3 is 2.50 bits per heavy atom. The third-order valence-corrected chi connectivity index (χ3v) is 4.04. The molecule has 0 radical (unpaired) electrons. The van der Waals surface area contributed by atoms with Crippen molar-refractivity contribution in [3.8, 4) is 0 Å². The van der Waals surface area contributed by atoms with Crippen molar-refractivity contribution in [3.05, 3.63) is 16.9 Å². The summed E-state index contributed by atoms with van der Waals surface area (Å²) in [4.78, 5) is 0. The summed E-state index contributed by atoms with van der Waals surface area (Å²) in [6.07, 6.45) is 2.63. The Morgan fingerprint density at radius 1 is 1.40 bits per heavy atom. The summed E-state index contributed by atoms with van der Waals surface area (Å²) >= 11 is 6.40. The molecular formula is C15H28ClN3O. The van der Waals surface area contributed by atoms with Gasteiger partial charge in [0.15, 0.2) is 0 Å². The molecule has 1 aromatic rings. The maximum atomic E-state index is 6.40. The first kappa shape index (κ1) is 17.5. The molecule has 20 heavy (non-hydrogen) atoms. The number of hydrogen-bond acceptors (Lipinski definition) is 3. The Balaban J connectivity index is 3.29. The van der Waals surface area contributed by atoms with E-state index < -0.39 is 0 Å². The molecule has 0 aromatic carbocycles. The molecule has 116 valence electrons. The van der Waals surface area contributed by atoms with E-state index >= 15 is 0 Å². The van der Waals surface area contributed by atoms with Crippen LogP contribution >= 0.6 is 11.6 Å². The fourth-order valence-corrected chi connectivity index (χ4v) is 2.80. The van der Waals surface area contributed by atoms with Crippen LogP contribution in [-0.4, -0.2) is 28.5 Å². The lowest BCUT2D eigenvalue weighted by atomic mass is 9.90. The van der Waals surface area contributed by atoms with E-state index in [0.717, 1.165) is 18.7 Å². The van der Waals surface area contributed by atoms with E-state index in [2.05, 4.69) is 45.0 Å². The van der Waals surface area contributed by atoms with Gasteiger partial charge in [0.2, 0.25) is 0 Å². The molecule has 0 spiro atoms. The van der Waals surface area contributed by atoms with Gasteiger partial charge in [-0.3, -0.25) is 4.68 Å². The Morgan fingerprint density at radius 2 is 2.05 bits per heavy atom. The summed E-state index contributed by atoms with van der Waals surface area (Å²) < 4.78 is 8.03. The molecule has 4 nitrogen and oxygen atoms in total. The topological polar surface area (TPSA) is 39.1 Å². The Labute approximate surface area is 127 Å². The first-order chi connectivity index (χ1) is 9.41. The first-order valence-electron chi connectivity index (χ1n) is 7.51. The van der Waals surface area contributed by atoms with Crippen LogP contribution in [0.2, 0.25) is 5.02 Å². The minimum atomic E-state index is -0.304. The summed E-state index contributed by atoms with van der Waals surface area (Å²) in [5.74, 6) is 0. The zero-order chi connectivity index (χ0) is 15.3. The number of nitrogens with one attached hydrogen (secondary N) is 1. The summed E-state index contributed by atoms with van der Waals surface area (Å²) in [6.45, 7) is 14.2. The maximum absolute atomic E-state index is 6.40. The Bertz CT molecular complexity index is 419. The summed E-state index contributed by atoms with van der Waals surface area (Å²) in [5.41, 5.74) is 0.711. The van der Waals surface area contributed by atoms with Gasteiger partial charge in [0.1, 0.15) is 0 Å². The lowest BCUT2D eigenvalue weighted by molar-refractivity contribution is -0.0580. The van der Waals surface area contributed by atoms with Gasteiger partial charge in [-0.05, 0) is 40.7 Å². The van der Waals surface area contributed by atoms with E-state index in [1.165, 1.54) is 0 Å². The van der Waals surface area contributed by atoms with Crippen LogP contribution in [0.15, 0.2) is 6.20 Å². The molecule has 0 bridgehead atoms. The molecule has 1 heterocycles. The van der Waals surface area contributed by atoms with Gasteiger partial charge in [0.05, 0.1) is 28.6 Å². The molecular weight excluding hydrogens is 274 g/mol. The average molecular weight is 302 g/mol. The van der Waals surface area contributed by atoms with Gasteiger partial charge in [-0.25, -0.2) is 0 Å². The molecule has 0 saturated heterocycles. The molecule has 2 atom stereocenters. The monoisotopic (exact) mass is 301 g/mol. The summed E-state index contributed by atoms with van der Waals surface area (Å²) in [7, 11) is 0. The molecule has 2 unspecified atom stereocenters. The molecule has 0 aliphatic carbocycles. The van der Waals surface area contributed by atoms with Crippen LogP contribution in [0.3, 0.4) is 0 Å². The van der Waals surface area contributed by atoms with Crippen molar-refractivity contribution in [2.75, 3.05) is 13.2 Å². The lowest BCUT2D eigenvalue weighted by Gasteiger charge is -2.38. The number of nitrogens with zero attached hydrogens (tertiary/aromatic N) is 2. The third kappa shape index (κ3) is 3.54. The largest absolute Gasteiger partial charge is 0.374 e. The number of hydrogen-bond donors (Lipinski definition) is 1. The molecule has 5 heteroatoms. The highest BCUT2D eigenvalue weighted by Gasteiger charge is 2.37. The van der Waals surface area contributed by atoms with Gasteiger partial charge < -0.3 is 10.1 Å². The second-order valence-corrected chi connectivity index (χ2v) is 5.91. The van der Waals surface area contributed by atoms with Gasteiger partial charge in [-0.2, -0.15) is 5.10 Å². The van der Waals surface area contributed by atoms with E-state index in [0.29, 0.717) is 11.6 Å². The van der Waals surface area contributed by atoms with Crippen LogP contribution in [0.5, 0.6) is 0 Å². The average Bonchev–Trinajstić information content (AvgIpc) is 2.78. The minimum Gasteiger partial charge on any atom is -0.374 e. The standard InChI is InChI=1S/C15H28ClN3O/c1-7-15(6,20-9-3)14(17-8-2)13-12(16)10-18-19(13)11(4)5/h10-11,14,17H,7-9H2,1-6H3. The summed E-state index contributed by atoms with van der Waals surface area (Å²) in [5, 5.41) is 8.64. The molecule has 1 aromatic heterocycles. The minimum absolute atomic E-state index is 0.0230. The molecule has 1 N–H and O–H groups in total. The van der Waals surface area contributed by atoms with E-state index in [-0.39, 0.29) is 17.7 Å². The van der Waals surface area contributed by atoms with Crippen molar-refractivity contribution >= 4 is 11.6 Å². The van der Waals surface area contributed by atoms with Crippen molar-refractivity contribution in [2.24, 2.45) is 0 Å². The van der Waals surface area contributed by atoms with E-state index in [9.17, 15) is 0 Å². The van der Waals surface area contributed by atoms with Crippen LogP contribution in [0.4, 0.5) is 0 Å². The number of ether oxygens (including phenoxy) is 1. The van der Waals surface area contributed by atoms with E-state index in [1.54, 1.807) is 6.20 Å². The van der Waals surface area contributed by atoms with Crippen LogP contribution in [0.25, 0.3) is 0 Å². The second kappa shape index (κ2) is 7.43. The van der Waals surface area contributed by atoms with Gasteiger partial charge >= 0.3 is 0 Å². The van der Waals surface area contributed by atoms with Gasteiger partial charge in [-0.1, -0.05) is 25.4 Å². The van der Waals surface area contributed by atoms with Crippen molar-refractivity contribution in [1.82, 2.24) is 15.1 Å². The Hall–Kier alpha value is -0.580. The normalized spacial score (nSPS) is 16.4. The fraction of sp³-hybridized carbons (Fsp3) is 0.800. The highest BCUT2D eigenvalue weighted by Crippen LogP contribution is 2.36. The quantitative estimate of drug-likeness (QED) is 0.789. The molecule has 1 rings (SSSR count). The lowest BCUT2D eigenvalue weighted by Crippen LogP contribution is -2.45. The maximum Gasteiger partial charge on any atom is 0.0861 e. The van der Waals surface area contributed by atoms with Crippen molar-refractivity contribution in [3.63, 3.8) is 0 Å². The van der Waals surface area contributed by atoms with Crippen LogP contribution < -0.4 is 5.32 Å². The van der Waals surface area contributed by atoms with Crippen LogP contribution in [0, 0.1) is 0 Å². The highest BCUT2D eigenvalue weighted by atomic mass is 35.5. The predicted molar refractivity (Wildman–Crippen MR) is 84.4 cm³/mol. The van der Waals surface area contributed by atoms with Crippen LogP contribution in [0.1, 0.15) is 65.7 Å². The fourth-order valence-electron chi connectivity index (χ4n) is 2.56. The molecule has 0 aliphatic heterocycles.